The highest BCUT2D eigenvalue weighted by Gasteiger charge is 2.30. The quantitative estimate of drug-likeness (QED) is 0.462. The first-order chi connectivity index (χ1) is 8.76. The van der Waals surface area contributed by atoms with E-state index in [1.807, 2.05) is 0 Å². The van der Waals surface area contributed by atoms with Crippen LogP contribution >= 0.6 is 0 Å². The average molecular weight is 256 g/mol. The zero-order valence-electron chi connectivity index (χ0n) is 12.1. The van der Waals surface area contributed by atoms with Crippen LogP contribution in [0.3, 0.4) is 0 Å². The number of hydrogen-bond donors (Lipinski definition) is 3. The van der Waals surface area contributed by atoms with E-state index in [-0.39, 0.29) is 5.54 Å². The number of nitrogens with one attached hydrogen (secondary N) is 1. The third-order valence-electron chi connectivity index (χ3n) is 4.60. The minimum atomic E-state index is 0.198. The normalized spacial score (nSPS) is 29.2. The lowest BCUT2D eigenvalue weighted by atomic mass is 9.89. The van der Waals surface area contributed by atoms with E-state index in [1.54, 1.807) is 0 Å². The van der Waals surface area contributed by atoms with Crippen molar-refractivity contribution < 1.29 is 5.11 Å². The van der Waals surface area contributed by atoms with Crippen LogP contribution in [0, 0.1) is 5.92 Å². The molecule has 3 nitrogen and oxygen atoms in total. The number of rotatable bonds is 8. The molecule has 1 rings (SSSR count). The molecule has 0 aromatic heterocycles. The Bertz CT molecular complexity index is 211. The lowest BCUT2D eigenvalue weighted by Gasteiger charge is -2.33. The van der Waals surface area contributed by atoms with Gasteiger partial charge in [-0.25, -0.2) is 0 Å². The highest BCUT2D eigenvalue weighted by atomic mass is 16.2. The van der Waals surface area contributed by atoms with Crippen molar-refractivity contribution >= 4 is 0 Å². The summed E-state index contributed by atoms with van der Waals surface area (Å²) >= 11 is 0. The predicted octanol–water partition coefficient (Wildman–Crippen LogP) is 2.43. The van der Waals surface area contributed by atoms with Crippen molar-refractivity contribution in [1.29, 1.82) is 0 Å². The molecular weight excluding hydrogens is 224 g/mol. The van der Waals surface area contributed by atoms with Gasteiger partial charge in [0.05, 0.1) is 0 Å². The molecule has 3 heteroatoms. The molecule has 2 atom stereocenters. The highest BCUT2D eigenvalue weighted by molar-refractivity contribution is 4.91. The van der Waals surface area contributed by atoms with Crippen LogP contribution in [0.1, 0.15) is 64.7 Å². The fourth-order valence-corrected chi connectivity index (χ4v) is 3.11. The number of nitrogens with two attached hydrogens (primary N) is 1. The van der Waals surface area contributed by atoms with Crippen LogP contribution < -0.4 is 11.1 Å². The van der Waals surface area contributed by atoms with E-state index >= 15 is 0 Å². The molecule has 0 bridgehead atoms. The van der Waals surface area contributed by atoms with Crippen molar-refractivity contribution in [3.8, 4) is 0 Å². The molecule has 0 heterocycles. The Kier molecular flexibility index (Phi) is 7.87. The third kappa shape index (κ3) is 5.25. The predicted molar refractivity (Wildman–Crippen MR) is 77.6 cm³/mol. The summed E-state index contributed by atoms with van der Waals surface area (Å²) in [5, 5.41) is 12.5. The van der Waals surface area contributed by atoms with Gasteiger partial charge in [-0.3, -0.25) is 0 Å². The molecule has 1 aliphatic carbocycles. The van der Waals surface area contributed by atoms with Crippen molar-refractivity contribution in [3.05, 3.63) is 0 Å². The number of hydrogen-bond acceptors (Lipinski definition) is 3. The molecule has 0 aliphatic heterocycles. The first-order valence-corrected chi connectivity index (χ1v) is 7.82. The maximum Gasteiger partial charge on any atom is 0.0431 e. The Hall–Kier alpha value is -0.120. The van der Waals surface area contributed by atoms with Gasteiger partial charge in [-0.15, -0.1) is 0 Å². The van der Waals surface area contributed by atoms with Gasteiger partial charge in [0.2, 0.25) is 0 Å². The van der Waals surface area contributed by atoms with Crippen LogP contribution in [0.15, 0.2) is 0 Å². The van der Waals surface area contributed by atoms with Gasteiger partial charge < -0.3 is 16.2 Å². The van der Waals surface area contributed by atoms with E-state index < -0.39 is 0 Å². The Morgan fingerprint density at radius 2 is 2.06 bits per heavy atom. The van der Waals surface area contributed by atoms with Crippen LogP contribution in [0.2, 0.25) is 0 Å². The molecule has 0 saturated heterocycles. The molecule has 0 aromatic rings. The first kappa shape index (κ1) is 15.9. The van der Waals surface area contributed by atoms with Gasteiger partial charge in [0, 0.05) is 18.7 Å². The van der Waals surface area contributed by atoms with E-state index in [2.05, 4.69) is 12.2 Å². The van der Waals surface area contributed by atoms with Gasteiger partial charge in [-0.2, -0.15) is 0 Å². The van der Waals surface area contributed by atoms with E-state index in [0.29, 0.717) is 6.61 Å². The number of aliphatic hydroxyl groups is 1. The van der Waals surface area contributed by atoms with Crippen LogP contribution in [0.5, 0.6) is 0 Å². The Morgan fingerprint density at radius 1 is 1.22 bits per heavy atom. The van der Waals surface area contributed by atoms with Crippen LogP contribution in [-0.2, 0) is 0 Å². The van der Waals surface area contributed by atoms with Crippen LogP contribution in [0.25, 0.3) is 0 Å². The number of aliphatic hydroxyl groups excluding tert-OH is 1. The van der Waals surface area contributed by atoms with Gasteiger partial charge in [0.15, 0.2) is 0 Å². The molecule has 1 saturated carbocycles. The molecular formula is C15H32N2O. The third-order valence-corrected chi connectivity index (χ3v) is 4.60. The molecule has 18 heavy (non-hydrogen) atoms. The van der Waals surface area contributed by atoms with Gasteiger partial charge in [0.1, 0.15) is 0 Å². The SMILES string of the molecule is CCC1CCCC(CN)(NCCCCCO)CC1. The summed E-state index contributed by atoms with van der Waals surface area (Å²) in [7, 11) is 0. The topological polar surface area (TPSA) is 58.3 Å². The minimum Gasteiger partial charge on any atom is -0.396 e. The van der Waals surface area contributed by atoms with Gasteiger partial charge in [-0.05, 0) is 51.0 Å². The second kappa shape index (κ2) is 8.89. The fraction of sp³-hybridized carbons (Fsp3) is 1.00. The molecule has 0 amide bonds. The van der Waals surface area contributed by atoms with Crippen LogP contribution in [0.4, 0.5) is 0 Å². The molecule has 1 aliphatic rings. The van der Waals surface area contributed by atoms with Crippen molar-refractivity contribution in [2.75, 3.05) is 19.7 Å². The molecule has 2 unspecified atom stereocenters. The summed E-state index contributed by atoms with van der Waals surface area (Å²) in [5.41, 5.74) is 6.23. The highest BCUT2D eigenvalue weighted by Crippen LogP contribution is 2.31. The van der Waals surface area contributed by atoms with Gasteiger partial charge in [0.25, 0.3) is 0 Å². The van der Waals surface area contributed by atoms with Crippen molar-refractivity contribution in [2.24, 2.45) is 11.7 Å². The van der Waals surface area contributed by atoms with E-state index in [9.17, 15) is 0 Å². The average Bonchev–Trinajstić information content (AvgIpc) is 2.61. The lowest BCUT2D eigenvalue weighted by molar-refractivity contribution is 0.270. The first-order valence-electron chi connectivity index (χ1n) is 7.82. The van der Waals surface area contributed by atoms with Crippen molar-refractivity contribution in [2.45, 2.75) is 70.3 Å². The number of unbranched alkanes of at least 4 members (excludes halogenated alkanes) is 2. The molecule has 0 radical (unpaired) electrons. The maximum absolute atomic E-state index is 8.76. The van der Waals surface area contributed by atoms with Crippen molar-refractivity contribution in [3.63, 3.8) is 0 Å². The minimum absolute atomic E-state index is 0.198. The zero-order chi connectivity index (χ0) is 13.3. The Labute approximate surface area is 113 Å². The maximum atomic E-state index is 8.76. The molecule has 0 spiro atoms. The fourth-order valence-electron chi connectivity index (χ4n) is 3.11. The Morgan fingerprint density at radius 3 is 2.72 bits per heavy atom. The van der Waals surface area contributed by atoms with E-state index in [4.69, 9.17) is 10.8 Å². The lowest BCUT2D eigenvalue weighted by Crippen LogP contribution is -2.51. The molecule has 0 aromatic carbocycles. The summed E-state index contributed by atoms with van der Waals surface area (Å²) < 4.78 is 0. The van der Waals surface area contributed by atoms with Gasteiger partial charge in [-0.1, -0.05) is 26.2 Å². The monoisotopic (exact) mass is 256 g/mol. The summed E-state index contributed by atoms with van der Waals surface area (Å²) in [6, 6.07) is 0. The summed E-state index contributed by atoms with van der Waals surface area (Å²) in [5.74, 6) is 0.912. The second-order valence-electron chi connectivity index (χ2n) is 5.90. The Balaban J connectivity index is 2.32. The van der Waals surface area contributed by atoms with Crippen molar-refractivity contribution in [1.82, 2.24) is 5.32 Å². The summed E-state index contributed by atoms with van der Waals surface area (Å²) in [4.78, 5) is 0. The smallest absolute Gasteiger partial charge is 0.0431 e. The molecule has 108 valence electrons. The van der Waals surface area contributed by atoms with Gasteiger partial charge >= 0.3 is 0 Å². The largest absolute Gasteiger partial charge is 0.396 e. The van der Waals surface area contributed by atoms with E-state index in [0.717, 1.165) is 38.3 Å². The second-order valence-corrected chi connectivity index (χ2v) is 5.90. The summed E-state index contributed by atoms with van der Waals surface area (Å²) in [6.45, 7) is 4.44. The molecule has 1 fully saturated rings. The van der Waals surface area contributed by atoms with Crippen LogP contribution in [-0.4, -0.2) is 30.3 Å². The summed E-state index contributed by atoms with van der Waals surface area (Å²) in [6.07, 6.45) is 11.0. The zero-order valence-corrected chi connectivity index (χ0v) is 12.1. The molecule has 4 N–H and O–H groups in total. The standard InChI is InChI=1S/C15H32N2O/c1-2-14-7-6-9-15(13-16,10-8-14)17-11-4-3-5-12-18/h14,17-18H,2-13,16H2,1H3. The van der Waals surface area contributed by atoms with E-state index in [1.165, 1.54) is 38.5 Å².